The number of amides is 1. The van der Waals surface area contributed by atoms with Gasteiger partial charge in [-0.3, -0.25) is 4.79 Å². The van der Waals surface area contributed by atoms with E-state index in [1.165, 1.54) is 12.1 Å². The lowest BCUT2D eigenvalue weighted by molar-refractivity contribution is -0.115. The number of nitrogens with one attached hydrogen (secondary N) is 2. The van der Waals surface area contributed by atoms with Crippen LogP contribution < -0.4 is 10.0 Å². The Kier molecular flexibility index (Phi) is 4.70. The number of benzene rings is 2. The standard InChI is InChI=1S/C19H18N4O4S/c1-12-3-2-4-13(9-12)19-23-22-18(27-19)7-8-20-28(25,26)15-5-6-16-14(10-15)11-17(24)21-16/h2-6,9-10,20H,7-8,11H2,1H3,(H,21,24). The molecular weight excluding hydrogens is 380 g/mol. The van der Waals surface area contributed by atoms with Crippen LogP contribution in [0.25, 0.3) is 11.5 Å². The van der Waals surface area contributed by atoms with Gasteiger partial charge in [0.1, 0.15) is 0 Å². The lowest BCUT2D eigenvalue weighted by Gasteiger charge is -2.07. The number of carbonyl (C=O) groups excluding carboxylic acids is 1. The Morgan fingerprint density at radius 2 is 2.04 bits per heavy atom. The van der Waals surface area contributed by atoms with Crippen molar-refractivity contribution in [1.82, 2.24) is 14.9 Å². The van der Waals surface area contributed by atoms with Crippen LogP contribution in [0.5, 0.6) is 0 Å². The van der Waals surface area contributed by atoms with E-state index in [2.05, 4.69) is 20.2 Å². The highest BCUT2D eigenvalue weighted by molar-refractivity contribution is 7.89. The second-order valence-corrected chi connectivity index (χ2v) is 8.33. The van der Waals surface area contributed by atoms with Gasteiger partial charge >= 0.3 is 0 Å². The molecule has 1 aromatic heterocycles. The van der Waals surface area contributed by atoms with Gasteiger partial charge < -0.3 is 9.73 Å². The molecule has 0 bridgehead atoms. The fraction of sp³-hybridized carbons (Fsp3) is 0.211. The minimum atomic E-state index is -3.70. The van der Waals surface area contributed by atoms with Gasteiger partial charge in [0.05, 0.1) is 11.3 Å². The van der Waals surface area contributed by atoms with Gasteiger partial charge in [-0.05, 0) is 42.8 Å². The number of hydrogen-bond donors (Lipinski definition) is 2. The Balaban J connectivity index is 1.40. The van der Waals surface area contributed by atoms with E-state index < -0.39 is 10.0 Å². The SMILES string of the molecule is Cc1cccc(-c2nnc(CCNS(=O)(=O)c3ccc4c(c3)CC(=O)N4)o2)c1. The summed E-state index contributed by atoms with van der Waals surface area (Å²) in [6.45, 7) is 2.09. The average molecular weight is 398 g/mol. The molecule has 2 heterocycles. The quantitative estimate of drug-likeness (QED) is 0.657. The molecule has 28 heavy (non-hydrogen) atoms. The fourth-order valence-corrected chi connectivity index (χ4v) is 4.08. The predicted molar refractivity (Wildman–Crippen MR) is 102 cm³/mol. The van der Waals surface area contributed by atoms with Crippen molar-refractivity contribution in [3.8, 4) is 11.5 Å². The summed E-state index contributed by atoms with van der Waals surface area (Å²) >= 11 is 0. The third kappa shape index (κ3) is 3.80. The highest BCUT2D eigenvalue weighted by atomic mass is 32.2. The minimum absolute atomic E-state index is 0.117. The summed E-state index contributed by atoms with van der Waals surface area (Å²) in [5, 5.41) is 10.7. The fourth-order valence-electron chi connectivity index (χ4n) is 3.00. The smallest absolute Gasteiger partial charge is 0.247 e. The highest BCUT2D eigenvalue weighted by Crippen LogP contribution is 2.25. The molecule has 2 N–H and O–H groups in total. The summed E-state index contributed by atoms with van der Waals surface area (Å²) in [6, 6.07) is 12.3. The molecule has 8 nitrogen and oxygen atoms in total. The van der Waals surface area contributed by atoms with Crippen LogP contribution in [-0.2, 0) is 27.7 Å². The Morgan fingerprint density at radius 3 is 2.86 bits per heavy atom. The molecule has 2 aromatic carbocycles. The maximum Gasteiger partial charge on any atom is 0.247 e. The molecule has 1 amide bonds. The van der Waals surface area contributed by atoms with Gasteiger partial charge in [0, 0.05) is 24.2 Å². The van der Waals surface area contributed by atoms with Crippen molar-refractivity contribution in [2.24, 2.45) is 0 Å². The summed E-state index contributed by atoms with van der Waals surface area (Å²) < 4.78 is 33.1. The molecule has 0 aliphatic carbocycles. The first-order chi connectivity index (χ1) is 13.4. The van der Waals surface area contributed by atoms with Gasteiger partial charge in [-0.15, -0.1) is 10.2 Å². The summed E-state index contributed by atoms with van der Waals surface area (Å²) in [7, 11) is -3.70. The normalized spacial score (nSPS) is 13.4. The number of rotatable bonds is 6. The number of aryl methyl sites for hydroxylation is 1. The lowest BCUT2D eigenvalue weighted by Crippen LogP contribution is -2.26. The molecular formula is C19H18N4O4S. The van der Waals surface area contributed by atoms with E-state index in [0.29, 0.717) is 23.0 Å². The summed E-state index contributed by atoms with van der Waals surface area (Å²) in [4.78, 5) is 11.5. The van der Waals surface area contributed by atoms with E-state index in [9.17, 15) is 13.2 Å². The van der Waals surface area contributed by atoms with E-state index in [0.717, 1.165) is 11.1 Å². The van der Waals surface area contributed by atoms with Gasteiger partial charge in [0.15, 0.2) is 0 Å². The first kappa shape index (κ1) is 18.3. The molecule has 9 heteroatoms. The van der Waals surface area contributed by atoms with Crippen molar-refractivity contribution < 1.29 is 17.6 Å². The number of carbonyl (C=O) groups is 1. The monoisotopic (exact) mass is 398 g/mol. The molecule has 0 atom stereocenters. The Bertz CT molecular complexity index is 1150. The highest BCUT2D eigenvalue weighted by Gasteiger charge is 2.21. The molecule has 0 fully saturated rings. The number of sulfonamides is 1. The van der Waals surface area contributed by atoms with E-state index in [-0.39, 0.29) is 30.2 Å². The largest absolute Gasteiger partial charge is 0.421 e. The number of aromatic nitrogens is 2. The minimum Gasteiger partial charge on any atom is -0.421 e. The van der Waals surface area contributed by atoms with Crippen LogP contribution in [0.4, 0.5) is 5.69 Å². The summed E-state index contributed by atoms with van der Waals surface area (Å²) in [5.74, 6) is 0.610. The van der Waals surface area contributed by atoms with Crippen LogP contribution in [0, 0.1) is 6.92 Å². The van der Waals surface area contributed by atoms with Crippen LogP contribution in [0.1, 0.15) is 17.0 Å². The molecule has 0 spiro atoms. The number of fused-ring (bicyclic) bond motifs is 1. The second kappa shape index (κ2) is 7.17. The Hall–Kier alpha value is -3.04. The maximum atomic E-state index is 12.5. The molecule has 1 aliphatic rings. The van der Waals surface area contributed by atoms with E-state index in [1.807, 2.05) is 31.2 Å². The van der Waals surface area contributed by atoms with Gasteiger partial charge in [0.2, 0.25) is 27.7 Å². The van der Waals surface area contributed by atoms with Crippen molar-refractivity contribution in [2.45, 2.75) is 24.7 Å². The first-order valence-corrected chi connectivity index (χ1v) is 10.2. The third-order valence-electron chi connectivity index (χ3n) is 4.37. The lowest BCUT2D eigenvalue weighted by atomic mass is 10.1. The average Bonchev–Trinajstić information content (AvgIpc) is 3.26. The third-order valence-corrected chi connectivity index (χ3v) is 5.83. The predicted octanol–water partition coefficient (Wildman–Crippen LogP) is 2.06. The first-order valence-electron chi connectivity index (χ1n) is 8.72. The number of nitrogens with zero attached hydrogens (tertiary/aromatic N) is 2. The zero-order valence-corrected chi connectivity index (χ0v) is 15.9. The topological polar surface area (TPSA) is 114 Å². The van der Waals surface area contributed by atoms with Crippen molar-refractivity contribution >= 4 is 21.6 Å². The number of anilines is 1. The Morgan fingerprint density at radius 1 is 1.18 bits per heavy atom. The van der Waals surface area contributed by atoms with Crippen LogP contribution in [0.2, 0.25) is 0 Å². The molecule has 0 radical (unpaired) electrons. The molecule has 0 saturated heterocycles. The van der Waals surface area contributed by atoms with Gasteiger partial charge in [-0.25, -0.2) is 13.1 Å². The molecule has 4 rings (SSSR count). The summed E-state index contributed by atoms with van der Waals surface area (Å²) in [6.07, 6.45) is 0.450. The van der Waals surface area contributed by atoms with Gasteiger partial charge in [0.25, 0.3) is 0 Å². The van der Waals surface area contributed by atoms with Crippen LogP contribution >= 0.6 is 0 Å². The molecule has 0 unspecified atom stereocenters. The Labute approximate surface area is 162 Å². The van der Waals surface area contributed by atoms with Crippen molar-refractivity contribution in [1.29, 1.82) is 0 Å². The van der Waals surface area contributed by atoms with Crippen molar-refractivity contribution in [2.75, 3.05) is 11.9 Å². The zero-order valence-electron chi connectivity index (χ0n) is 15.1. The van der Waals surface area contributed by atoms with Crippen molar-refractivity contribution in [3.63, 3.8) is 0 Å². The van der Waals surface area contributed by atoms with Crippen LogP contribution in [0.3, 0.4) is 0 Å². The molecule has 3 aromatic rings. The van der Waals surface area contributed by atoms with E-state index in [4.69, 9.17) is 4.42 Å². The van der Waals surface area contributed by atoms with Crippen molar-refractivity contribution in [3.05, 3.63) is 59.5 Å². The van der Waals surface area contributed by atoms with Crippen LogP contribution in [0.15, 0.2) is 51.8 Å². The molecule has 1 aliphatic heterocycles. The molecule has 0 saturated carbocycles. The van der Waals surface area contributed by atoms with E-state index in [1.54, 1.807) is 6.07 Å². The van der Waals surface area contributed by atoms with Crippen LogP contribution in [-0.4, -0.2) is 31.1 Å². The van der Waals surface area contributed by atoms with E-state index >= 15 is 0 Å². The maximum absolute atomic E-state index is 12.5. The second-order valence-electron chi connectivity index (χ2n) is 6.56. The zero-order chi connectivity index (χ0) is 19.7. The van der Waals surface area contributed by atoms with Gasteiger partial charge in [-0.2, -0.15) is 0 Å². The summed E-state index contributed by atoms with van der Waals surface area (Å²) in [5.41, 5.74) is 3.22. The molecule has 144 valence electrons. The van der Waals surface area contributed by atoms with Gasteiger partial charge in [-0.1, -0.05) is 17.7 Å². The number of hydrogen-bond acceptors (Lipinski definition) is 6.